The Morgan fingerprint density at radius 3 is 1.73 bits per heavy atom. The van der Waals surface area contributed by atoms with E-state index in [1.807, 2.05) is 24.3 Å². The summed E-state index contributed by atoms with van der Waals surface area (Å²) in [5.41, 5.74) is 3.81. The number of sulfonamides is 2. The van der Waals surface area contributed by atoms with E-state index >= 15 is 0 Å². The van der Waals surface area contributed by atoms with E-state index in [1.165, 1.54) is 12.1 Å². The number of nitrogens with two attached hydrogens (primary N) is 1. The van der Waals surface area contributed by atoms with Gasteiger partial charge in [-0.25, -0.2) is 31.1 Å². The zero-order valence-electron chi connectivity index (χ0n) is 32.1. The minimum absolute atomic E-state index is 0. The lowest BCUT2D eigenvalue weighted by atomic mass is 10.1. The van der Waals surface area contributed by atoms with Gasteiger partial charge >= 0.3 is 6.09 Å². The van der Waals surface area contributed by atoms with Gasteiger partial charge in [-0.2, -0.15) is 0 Å². The first-order chi connectivity index (χ1) is 26.0. The van der Waals surface area contributed by atoms with Crippen molar-refractivity contribution in [3.63, 3.8) is 0 Å². The molecule has 2 heterocycles. The van der Waals surface area contributed by atoms with E-state index in [9.17, 15) is 31.2 Å². The average molecular weight is 835 g/mol. The average Bonchev–Trinajstić information content (AvgIpc) is 4.00. The van der Waals surface area contributed by atoms with Gasteiger partial charge in [-0.1, -0.05) is 61.4 Å². The number of allylic oxidation sites excluding steroid dienone is 2. The van der Waals surface area contributed by atoms with Crippen LogP contribution >= 0.6 is 12.4 Å². The summed E-state index contributed by atoms with van der Waals surface area (Å²) in [5, 5.41) is 8.93. The molecule has 4 aliphatic rings. The highest BCUT2D eigenvalue weighted by molar-refractivity contribution is 7.90. The van der Waals surface area contributed by atoms with Gasteiger partial charge in [-0.3, -0.25) is 9.59 Å². The molecule has 0 aromatic heterocycles. The van der Waals surface area contributed by atoms with Gasteiger partial charge in [-0.05, 0) is 96.4 Å². The molecule has 2 aliphatic heterocycles. The maximum atomic E-state index is 13.1. The van der Waals surface area contributed by atoms with Crippen molar-refractivity contribution in [2.75, 3.05) is 23.7 Å². The second kappa shape index (κ2) is 18.4. The number of carbonyl (C=O) groups excluding carboxylic acids is 3. The molecular weight excluding hydrogens is 780 g/mol. The van der Waals surface area contributed by atoms with Crippen LogP contribution in [0.1, 0.15) is 85.0 Å². The molecule has 0 unspecified atom stereocenters. The Kier molecular flexibility index (Phi) is 14.7. The first-order valence-corrected chi connectivity index (χ1v) is 21.9. The van der Waals surface area contributed by atoms with Crippen LogP contribution in [-0.4, -0.2) is 64.5 Å². The van der Waals surface area contributed by atoms with E-state index in [-0.39, 0.29) is 34.0 Å². The van der Waals surface area contributed by atoms with Crippen molar-refractivity contribution in [1.29, 1.82) is 0 Å². The van der Waals surface area contributed by atoms with E-state index in [4.69, 9.17) is 10.5 Å². The minimum Gasteiger partial charge on any atom is -0.444 e. The molecule has 7 N–H and O–H groups in total. The van der Waals surface area contributed by atoms with Gasteiger partial charge in [0, 0.05) is 24.9 Å². The largest absolute Gasteiger partial charge is 0.444 e. The number of halogens is 1. The van der Waals surface area contributed by atoms with Crippen molar-refractivity contribution < 1.29 is 36.0 Å². The normalized spacial score (nSPS) is 28.4. The third kappa shape index (κ3) is 11.5. The number of alkyl carbamates (subject to hydrolysis) is 1. The van der Waals surface area contributed by atoms with Crippen molar-refractivity contribution in [3.8, 4) is 0 Å². The molecule has 2 fully saturated rings. The number of rotatable bonds is 1. The van der Waals surface area contributed by atoms with Crippen LogP contribution in [0.3, 0.4) is 0 Å². The number of benzene rings is 2. The van der Waals surface area contributed by atoms with E-state index in [0.717, 1.165) is 51.4 Å². The second-order valence-corrected chi connectivity index (χ2v) is 18.8. The van der Waals surface area contributed by atoms with Gasteiger partial charge < -0.3 is 26.4 Å². The van der Waals surface area contributed by atoms with Crippen LogP contribution < -0.4 is 31.1 Å². The molecule has 2 aliphatic carbocycles. The van der Waals surface area contributed by atoms with Crippen LogP contribution in [0.2, 0.25) is 0 Å². The Balaban J connectivity index is 0.000000252. The zero-order chi connectivity index (χ0) is 39.9. The quantitative estimate of drug-likeness (QED) is 0.198. The number of carbonyl (C=O) groups is 3. The number of fused-ring (bicyclic) bond motifs is 4. The standard InChI is InChI=1S/C22H31N3O5S.C17H23N3O3S.ClH/c1-21(2,3)30-20(27)24-22-15-16(22)11-7-5-4-6-10-14-23-17-12-8-9-13-18(17)31(28,29)25-19(22)26;18-17-12-13(17)8-4-2-1-3-7-11-19-14-9-5-6-10-15(14)24(22,23)20-16(17)21;/h7-9,11-13,16,23H,4-6,10,14-15H2,1-3H3,(H,24,27)(H,25,26);4-6,8-10,13,19H,1-3,7,11-12,18H2,(H,20,21);1H/b11-7+;8-4+;/t16-,22-;13-,17-;/m11./s1. The Morgan fingerprint density at radius 1 is 0.732 bits per heavy atom. The summed E-state index contributed by atoms with van der Waals surface area (Å²) in [6, 6.07) is 13.1. The van der Waals surface area contributed by atoms with E-state index in [0.29, 0.717) is 37.3 Å². The fourth-order valence-electron chi connectivity index (χ4n) is 6.60. The van der Waals surface area contributed by atoms with Crippen LogP contribution in [-0.2, 0) is 34.4 Å². The molecule has 0 bridgehead atoms. The minimum atomic E-state index is -4.14. The number of nitrogens with one attached hydrogen (secondary N) is 5. The third-order valence-corrected chi connectivity index (χ3v) is 12.7. The van der Waals surface area contributed by atoms with Crippen LogP contribution in [0.15, 0.2) is 82.6 Å². The van der Waals surface area contributed by atoms with Gasteiger partial charge in [0.15, 0.2) is 0 Å². The first kappa shape index (κ1) is 44.6. The lowest BCUT2D eigenvalue weighted by molar-refractivity contribution is -0.123. The van der Waals surface area contributed by atoms with Gasteiger partial charge in [0.1, 0.15) is 26.5 Å². The second-order valence-electron chi connectivity index (χ2n) is 15.5. The van der Waals surface area contributed by atoms with Crippen molar-refractivity contribution >= 4 is 61.7 Å². The van der Waals surface area contributed by atoms with Crippen molar-refractivity contribution in [2.24, 2.45) is 17.6 Å². The number of amides is 3. The van der Waals surface area contributed by atoms with Crippen molar-refractivity contribution in [1.82, 2.24) is 14.8 Å². The Labute approximate surface area is 336 Å². The zero-order valence-corrected chi connectivity index (χ0v) is 34.6. The number of anilines is 2. The van der Waals surface area contributed by atoms with Crippen molar-refractivity contribution in [2.45, 2.75) is 111 Å². The van der Waals surface area contributed by atoms with Crippen LogP contribution in [0, 0.1) is 11.8 Å². The molecule has 0 radical (unpaired) electrons. The molecule has 4 atom stereocenters. The van der Waals surface area contributed by atoms with Crippen LogP contribution in [0.4, 0.5) is 16.2 Å². The molecule has 0 spiro atoms. The predicted molar refractivity (Wildman–Crippen MR) is 218 cm³/mol. The molecule has 2 saturated carbocycles. The number of hydrogen-bond donors (Lipinski definition) is 6. The topological polar surface area (TPSA) is 215 Å². The summed E-state index contributed by atoms with van der Waals surface area (Å²) in [6.45, 7) is 6.49. The predicted octanol–water partition coefficient (Wildman–Crippen LogP) is 5.49. The summed E-state index contributed by atoms with van der Waals surface area (Å²) < 4.78 is 60.9. The van der Waals surface area contributed by atoms with Crippen LogP contribution in [0.5, 0.6) is 0 Å². The molecule has 17 heteroatoms. The smallest absolute Gasteiger partial charge is 0.408 e. The van der Waals surface area contributed by atoms with Gasteiger partial charge in [0.2, 0.25) is 0 Å². The summed E-state index contributed by atoms with van der Waals surface area (Å²) in [5.74, 6) is -1.79. The Hall–Kier alpha value is -4.12. The highest BCUT2D eigenvalue weighted by atomic mass is 35.5. The summed E-state index contributed by atoms with van der Waals surface area (Å²) in [6.07, 6.45) is 15.7. The van der Waals surface area contributed by atoms with Crippen molar-refractivity contribution in [3.05, 3.63) is 72.8 Å². The maximum absolute atomic E-state index is 13.1. The number of ether oxygens (including phenoxy) is 1. The Morgan fingerprint density at radius 2 is 1.21 bits per heavy atom. The summed E-state index contributed by atoms with van der Waals surface area (Å²) in [4.78, 5) is 38.0. The summed E-state index contributed by atoms with van der Waals surface area (Å²) in [7, 11) is -8.10. The van der Waals surface area contributed by atoms with E-state index < -0.39 is 54.6 Å². The molecule has 14 nitrogen and oxygen atoms in total. The lowest BCUT2D eigenvalue weighted by Gasteiger charge is -2.24. The van der Waals surface area contributed by atoms with Gasteiger partial charge in [-0.15, -0.1) is 12.4 Å². The van der Waals surface area contributed by atoms with E-state index in [2.05, 4.69) is 25.4 Å². The van der Waals surface area contributed by atoms with E-state index in [1.54, 1.807) is 57.2 Å². The number of para-hydroxylation sites is 2. The molecular formula is C39H55ClN6O8S2. The molecule has 2 aromatic rings. The molecule has 56 heavy (non-hydrogen) atoms. The SMILES string of the molecule is CC(C)(C)OC(=O)N[C@]12C[C@H]1/C=C/CCCCCNc1ccccc1S(=O)(=O)NC2=O.Cl.N[C@]12C[C@H]1/C=C/CCCCCNc1ccccc1S(=O)(=O)NC2=O. The number of hydrogen-bond acceptors (Lipinski definition) is 11. The maximum Gasteiger partial charge on any atom is 0.408 e. The first-order valence-electron chi connectivity index (χ1n) is 18.9. The van der Waals surface area contributed by atoms with Gasteiger partial charge in [0.25, 0.3) is 31.9 Å². The fraction of sp³-hybridized carbons (Fsp3) is 0.513. The van der Waals surface area contributed by atoms with Crippen LogP contribution in [0.25, 0.3) is 0 Å². The molecule has 0 saturated heterocycles. The molecule has 3 amide bonds. The monoisotopic (exact) mass is 834 g/mol. The van der Waals surface area contributed by atoms with Gasteiger partial charge in [0.05, 0.1) is 11.4 Å². The lowest BCUT2D eigenvalue weighted by Crippen LogP contribution is -2.52. The molecule has 6 rings (SSSR count). The fourth-order valence-corrected chi connectivity index (χ4v) is 9.06. The highest BCUT2D eigenvalue weighted by Crippen LogP contribution is 2.46. The molecule has 308 valence electrons. The third-order valence-electron chi connectivity index (χ3n) is 9.90. The Bertz CT molecular complexity index is 2020. The summed E-state index contributed by atoms with van der Waals surface area (Å²) >= 11 is 0. The highest BCUT2D eigenvalue weighted by Gasteiger charge is 2.61. The molecule has 2 aromatic carbocycles.